The first-order valence-electron chi connectivity index (χ1n) is 11.2. The lowest BCUT2D eigenvalue weighted by Gasteiger charge is -2.19. The number of imidazole rings is 1. The molecule has 1 aliphatic rings. The maximum atomic E-state index is 12.3. The molecule has 0 radical (unpaired) electrons. The zero-order chi connectivity index (χ0) is 23.7. The number of carbonyl (C=O) groups is 1. The Balaban J connectivity index is 1.14. The molecule has 4 aromatic rings. The molecule has 5 N–H and O–H groups in total. The minimum Gasteiger partial charge on any atom is -0.449 e. The molecule has 34 heavy (non-hydrogen) atoms. The molecule has 8 nitrogen and oxygen atoms in total. The Labute approximate surface area is 195 Å². The van der Waals surface area contributed by atoms with Crippen molar-refractivity contribution in [2.24, 2.45) is 0 Å². The number of alkyl carbamates (subject to hydrolysis) is 1. The largest absolute Gasteiger partial charge is 0.449 e. The minimum atomic E-state index is -1.16. The number of aromatic nitrogens is 2. The molecule has 0 fully saturated rings. The number of benzene rings is 3. The van der Waals surface area contributed by atoms with Crippen LogP contribution in [0.4, 0.5) is 4.79 Å². The maximum Gasteiger partial charge on any atom is 0.407 e. The number of rotatable bonds is 7. The number of aliphatic hydroxyl groups excluding tert-OH is 2. The first-order valence-corrected chi connectivity index (χ1v) is 11.2. The van der Waals surface area contributed by atoms with Crippen molar-refractivity contribution in [2.75, 3.05) is 13.2 Å². The van der Waals surface area contributed by atoms with E-state index < -0.39 is 18.3 Å². The van der Waals surface area contributed by atoms with Crippen molar-refractivity contribution in [1.29, 1.82) is 0 Å². The van der Waals surface area contributed by atoms with E-state index in [1.807, 2.05) is 24.3 Å². The highest BCUT2D eigenvalue weighted by Crippen LogP contribution is 2.44. The Hall–Kier alpha value is -3.88. The van der Waals surface area contributed by atoms with Crippen LogP contribution in [0.15, 0.2) is 71.5 Å². The summed E-state index contributed by atoms with van der Waals surface area (Å²) < 4.78 is 5.49. The van der Waals surface area contributed by atoms with Crippen molar-refractivity contribution in [3.8, 4) is 11.1 Å². The molecule has 1 heterocycles. The van der Waals surface area contributed by atoms with Gasteiger partial charge < -0.3 is 30.2 Å². The number of aliphatic hydroxyl groups is 2. The van der Waals surface area contributed by atoms with E-state index in [9.17, 15) is 19.8 Å². The number of hydrogen-bond acceptors (Lipinski definition) is 5. The van der Waals surface area contributed by atoms with Gasteiger partial charge in [-0.05, 0) is 46.4 Å². The third-order valence-corrected chi connectivity index (χ3v) is 6.30. The highest BCUT2D eigenvalue weighted by atomic mass is 16.5. The minimum absolute atomic E-state index is 0.0275. The van der Waals surface area contributed by atoms with E-state index >= 15 is 0 Å². The molecular formula is C26H25N3O5. The van der Waals surface area contributed by atoms with E-state index in [0.717, 1.165) is 22.3 Å². The zero-order valence-electron chi connectivity index (χ0n) is 18.3. The van der Waals surface area contributed by atoms with Crippen molar-refractivity contribution in [1.82, 2.24) is 15.3 Å². The molecule has 2 atom stereocenters. The van der Waals surface area contributed by atoms with Gasteiger partial charge in [-0.3, -0.25) is 0 Å². The van der Waals surface area contributed by atoms with Gasteiger partial charge in [0.2, 0.25) is 0 Å². The Morgan fingerprint density at radius 2 is 1.59 bits per heavy atom. The lowest BCUT2D eigenvalue weighted by molar-refractivity contribution is 0.0137. The van der Waals surface area contributed by atoms with Crippen LogP contribution >= 0.6 is 0 Å². The van der Waals surface area contributed by atoms with Crippen LogP contribution in [0.25, 0.3) is 22.2 Å². The number of carbonyl (C=O) groups excluding carboxylic acids is 1. The van der Waals surface area contributed by atoms with E-state index in [1.165, 1.54) is 0 Å². The fraction of sp³-hybridized carbons (Fsp3) is 0.231. The van der Waals surface area contributed by atoms with Gasteiger partial charge in [0, 0.05) is 12.5 Å². The number of fused-ring (bicyclic) bond motifs is 4. The first-order chi connectivity index (χ1) is 16.5. The van der Waals surface area contributed by atoms with Crippen LogP contribution < -0.4 is 11.0 Å². The Morgan fingerprint density at radius 3 is 2.29 bits per heavy atom. The highest BCUT2D eigenvalue weighted by molar-refractivity contribution is 5.79. The smallest absolute Gasteiger partial charge is 0.407 e. The summed E-state index contributed by atoms with van der Waals surface area (Å²) in [7, 11) is 0. The van der Waals surface area contributed by atoms with Crippen LogP contribution in [-0.2, 0) is 4.74 Å². The Morgan fingerprint density at radius 1 is 0.941 bits per heavy atom. The van der Waals surface area contributed by atoms with Gasteiger partial charge in [0.15, 0.2) is 0 Å². The van der Waals surface area contributed by atoms with Gasteiger partial charge in [0.25, 0.3) is 0 Å². The Bertz CT molecular complexity index is 1350. The van der Waals surface area contributed by atoms with Gasteiger partial charge in [-0.25, -0.2) is 9.59 Å². The van der Waals surface area contributed by atoms with E-state index in [2.05, 4.69) is 39.6 Å². The molecule has 1 aromatic heterocycles. The zero-order valence-corrected chi connectivity index (χ0v) is 18.3. The quantitative estimate of drug-likeness (QED) is 0.290. The van der Waals surface area contributed by atoms with Crippen LogP contribution in [0.5, 0.6) is 0 Å². The predicted molar refractivity (Wildman–Crippen MR) is 128 cm³/mol. The van der Waals surface area contributed by atoms with Crippen molar-refractivity contribution < 1.29 is 19.7 Å². The van der Waals surface area contributed by atoms with Gasteiger partial charge >= 0.3 is 11.8 Å². The molecule has 0 spiro atoms. The third-order valence-electron chi connectivity index (χ3n) is 6.30. The van der Waals surface area contributed by atoms with Crippen LogP contribution in [-0.4, -0.2) is 45.5 Å². The SMILES string of the molecule is O=C(NCCC(O)C(O)c1ccc2[nH]c(=O)[nH]c2c1)OCC1c2ccccc2-c2ccccc21. The monoisotopic (exact) mass is 459 g/mol. The number of nitrogens with one attached hydrogen (secondary N) is 3. The van der Waals surface area contributed by atoms with Crippen molar-refractivity contribution in [3.05, 3.63) is 93.9 Å². The second kappa shape index (κ2) is 9.17. The van der Waals surface area contributed by atoms with Crippen molar-refractivity contribution in [3.63, 3.8) is 0 Å². The van der Waals surface area contributed by atoms with Crippen LogP contribution in [0, 0.1) is 0 Å². The number of aromatic amines is 2. The van der Waals surface area contributed by atoms with Gasteiger partial charge in [-0.2, -0.15) is 0 Å². The molecule has 1 aliphatic carbocycles. The van der Waals surface area contributed by atoms with Gasteiger partial charge in [-0.1, -0.05) is 54.6 Å². The van der Waals surface area contributed by atoms with Crippen molar-refractivity contribution >= 4 is 17.1 Å². The van der Waals surface area contributed by atoms with E-state index in [0.29, 0.717) is 16.6 Å². The lowest BCUT2D eigenvalue weighted by atomic mass is 9.98. The lowest BCUT2D eigenvalue weighted by Crippen LogP contribution is -2.30. The van der Waals surface area contributed by atoms with Crippen LogP contribution in [0.3, 0.4) is 0 Å². The van der Waals surface area contributed by atoms with E-state index in [4.69, 9.17) is 4.74 Å². The summed E-state index contributed by atoms with van der Waals surface area (Å²) in [5.41, 5.74) is 5.88. The summed E-state index contributed by atoms with van der Waals surface area (Å²) >= 11 is 0. The molecule has 0 saturated carbocycles. The molecule has 2 unspecified atom stereocenters. The number of hydrogen-bond donors (Lipinski definition) is 5. The number of H-pyrrole nitrogens is 2. The summed E-state index contributed by atoms with van der Waals surface area (Å²) in [5, 5.41) is 23.5. The molecule has 174 valence electrons. The van der Waals surface area contributed by atoms with Gasteiger partial charge in [0.05, 0.1) is 17.1 Å². The summed E-state index contributed by atoms with van der Waals surface area (Å²) in [6.45, 7) is 0.345. The van der Waals surface area contributed by atoms with Crippen LogP contribution in [0.1, 0.15) is 35.1 Å². The molecule has 0 bridgehead atoms. The molecule has 5 rings (SSSR count). The third kappa shape index (κ3) is 4.21. The Kier molecular flexibility index (Phi) is 5.91. The fourth-order valence-corrected chi connectivity index (χ4v) is 4.59. The average Bonchev–Trinajstić information content (AvgIpc) is 3.38. The normalized spacial score (nSPS) is 14.4. The van der Waals surface area contributed by atoms with Gasteiger partial charge in [-0.15, -0.1) is 0 Å². The second-order valence-electron chi connectivity index (χ2n) is 8.44. The summed E-state index contributed by atoms with van der Waals surface area (Å²) in [6.07, 6.45) is -2.70. The fourth-order valence-electron chi connectivity index (χ4n) is 4.59. The summed E-state index contributed by atoms with van der Waals surface area (Å²) in [6, 6.07) is 21.1. The standard InChI is InChI=1S/C26H25N3O5/c30-23(24(31)15-9-10-21-22(13-15)29-25(32)28-21)11-12-27-26(33)34-14-20-18-7-3-1-5-16(18)17-6-2-4-8-19(17)20/h1-10,13,20,23-24,30-31H,11-12,14H2,(H,27,33)(H2,28,29,32). The van der Waals surface area contributed by atoms with E-state index in [-0.39, 0.29) is 31.2 Å². The van der Waals surface area contributed by atoms with E-state index in [1.54, 1.807) is 18.2 Å². The topological polar surface area (TPSA) is 127 Å². The predicted octanol–water partition coefficient (Wildman–Crippen LogP) is 3.18. The maximum absolute atomic E-state index is 12.3. The second-order valence-corrected chi connectivity index (χ2v) is 8.44. The van der Waals surface area contributed by atoms with Crippen molar-refractivity contribution in [2.45, 2.75) is 24.5 Å². The number of ether oxygens (including phenoxy) is 1. The summed E-state index contributed by atoms with van der Waals surface area (Å²) in [5.74, 6) is -0.0275. The first kappa shape index (κ1) is 21.9. The molecule has 3 aromatic carbocycles. The average molecular weight is 460 g/mol. The molecule has 0 aliphatic heterocycles. The molecular weight excluding hydrogens is 434 g/mol. The van der Waals surface area contributed by atoms with Crippen LogP contribution in [0.2, 0.25) is 0 Å². The molecule has 0 saturated heterocycles. The highest BCUT2D eigenvalue weighted by Gasteiger charge is 2.29. The molecule has 1 amide bonds. The molecule has 8 heteroatoms. The summed E-state index contributed by atoms with van der Waals surface area (Å²) in [4.78, 5) is 28.9. The van der Waals surface area contributed by atoms with Gasteiger partial charge in [0.1, 0.15) is 12.7 Å². The number of amides is 1.